The van der Waals surface area contributed by atoms with Gasteiger partial charge in [-0.25, -0.2) is 4.79 Å². The first-order valence-electron chi connectivity index (χ1n) is 13.4. The number of hydrogen-bond donors (Lipinski definition) is 2. The maximum atomic E-state index is 12.7. The highest BCUT2D eigenvalue weighted by atomic mass is 32.1. The fourth-order valence-electron chi connectivity index (χ4n) is 4.72. The molecule has 4 aromatic rings. The van der Waals surface area contributed by atoms with Gasteiger partial charge >= 0.3 is 5.97 Å². The standard InChI is InChI=1S/C32H32N4O5S/c1-32(2,3)30(38)34-22-14-13-21(18-26(22)39-4)36-28(27(35-31(36)42)23-8-6-7-17-33-23)25-16-15-24(41-25)19-9-11-20(12-10-19)29(37)40-5/h6-18,27-28H,1-5H3,(H,34,38)(H,35,42)/t27-,28-/m1/s1. The number of thiocarbonyl (C=S) groups is 1. The highest BCUT2D eigenvalue weighted by molar-refractivity contribution is 7.80. The van der Waals surface area contributed by atoms with E-state index in [0.717, 1.165) is 16.9 Å². The fourth-order valence-corrected chi connectivity index (χ4v) is 5.07. The van der Waals surface area contributed by atoms with Gasteiger partial charge in [0.2, 0.25) is 5.91 Å². The Balaban J connectivity index is 1.53. The van der Waals surface area contributed by atoms with Crippen LogP contribution in [-0.2, 0) is 9.53 Å². The van der Waals surface area contributed by atoms with Gasteiger partial charge in [0.05, 0.1) is 37.2 Å². The van der Waals surface area contributed by atoms with E-state index in [1.165, 1.54) is 7.11 Å². The van der Waals surface area contributed by atoms with Crippen molar-refractivity contribution >= 4 is 40.6 Å². The normalized spacial score (nSPS) is 16.6. The van der Waals surface area contributed by atoms with Crippen molar-refractivity contribution in [2.24, 2.45) is 5.41 Å². The number of amides is 1. The van der Waals surface area contributed by atoms with E-state index in [0.29, 0.717) is 33.6 Å². The molecule has 1 aliphatic rings. The van der Waals surface area contributed by atoms with Crippen molar-refractivity contribution in [1.29, 1.82) is 0 Å². The first kappa shape index (κ1) is 28.8. The summed E-state index contributed by atoms with van der Waals surface area (Å²) < 4.78 is 16.9. The molecule has 42 heavy (non-hydrogen) atoms. The molecule has 0 aliphatic carbocycles. The lowest BCUT2D eigenvalue weighted by molar-refractivity contribution is -0.123. The Hall–Kier alpha value is -4.70. The predicted octanol–water partition coefficient (Wildman–Crippen LogP) is 6.30. The van der Waals surface area contributed by atoms with Gasteiger partial charge in [0, 0.05) is 28.9 Å². The molecule has 2 atom stereocenters. The van der Waals surface area contributed by atoms with Crippen LogP contribution in [0.4, 0.5) is 11.4 Å². The van der Waals surface area contributed by atoms with Gasteiger partial charge in [-0.2, -0.15) is 0 Å². The van der Waals surface area contributed by atoms with Gasteiger partial charge in [-0.15, -0.1) is 0 Å². The van der Waals surface area contributed by atoms with Gasteiger partial charge in [0.25, 0.3) is 0 Å². The van der Waals surface area contributed by atoms with Gasteiger partial charge in [0.15, 0.2) is 5.11 Å². The molecular formula is C32H32N4O5S. The maximum absolute atomic E-state index is 12.7. The molecule has 2 aromatic carbocycles. The summed E-state index contributed by atoms with van der Waals surface area (Å²) in [5.41, 5.74) is 2.81. The van der Waals surface area contributed by atoms with Gasteiger partial charge in [0.1, 0.15) is 23.3 Å². The second-order valence-corrected chi connectivity index (χ2v) is 11.2. The van der Waals surface area contributed by atoms with Crippen molar-refractivity contribution in [3.8, 4) is 17.1 Å². The summed E-state index contributed by atoms with van der Waals surface area (Å²) in [6.45, 7) is 5.56. The third-order valence-electron chi connectivity index (χ3n) is 7.00. The van der Waals surface area contributed by atoms with E-state index in [4.69, 9.17) is 26.1 Å². The Morgan fingerprint density at radius 3 is 2.43 bits per heavy atom. The Labute approximate surface area is 249 Å². The minimum atomic E-state index is -0.568. The monoisotopic (exact) mass is 584 g/mol. The van der Waals surface area contributed by atoms with Crippen molar-refractivity contribution in [3.63, 3.8) is 0 Å². The van der Waals surface area contributed by atoms with Gasteiger partial charge in [-0.3, -0.25) is 9.78 Å². The molecule has 1 aliphatic heterocycles. The largest absolute Gasteiger partial charge is 0.494 e. The summed E-state index contributed by atoms with van der Waals surface area (Å²) in [6, 6.07) is 21.4. The molecule has 10 heteroatoms. The number of aromatic nitrogens is 1. The zero-order chi connectivity index (χ0) is 30.0. The molecule has 0 radical (unpaired) electrons. The third-order valence-corrected chi connectivity index (χ3v) is 7.31. The van der Waals surface area contributed by atoms with Crippen LogP contribution in [0.15, 0.2) is 83.4 Å². The van der Waals surface area contributed by atoms with E-state index in [2.05, 4.69) is 15.6 Å². The van der Waals surface area contributed by atoms with E-state index in [1.807, 2.05) is 86.3 Å². The number of nitrogens with zero attached hydrogens (tertiary/aromatic N) is 2. The number of nitrogens with one attached hydrogen (secondary N) is 2. The SMILES string of the molecule is COC(=O)c1ccc(-c2ccc([C@@H]3[C@@H](c4ccccn4)NC(=S)N3c3ccc(NC(=O)C(C)(C)C)c(OC)c3)o2)cc1. The second-order valence-electron chi connectivity index (χ2n) is 10.9. The first-order valence-corrected chi connectivity index (χ1v) is 13.8. The van der Waals surface area contributed by atoms with Crippen LogP contribution in [0.3, 0.4) is 0 Å². The molecule has 216 valence electrons. The number of carbonyl (C=O) groups excluding carboxylic acids is 2. The summed E-state index contributed by atoms with van der Waals surface area (Å²) in [7, 11) is 2.91. The zero-order valence-corrected chi connectivity index (χ0v) is 24.8. The molecule has 0 spiro atoms. The molecule has 3 heterocycles. The highest BCUT2D eigenvalue weighted by Gasteiger charge is 2.43. The molecule has 1 fully saturated rings. The van der Waals surface area contributed by atoms with Crippen LogP contribution >= 0.6 is 12.2 Å². The van der Waals surface area contributed by atoms with E-state index in [1.54, 1.807) is 25.4 Å². The van der Waals surface area contributed by atoms with Crippen LogP contribution in [0, 0.1) is 5.41 Å². The molecule has 0 saturated carbocycles. The number of esters is 1. The molecule has 9 nitrogen and oxygen atoms in total. The zero-order valence-electron chi connectivity index (χ0n) is 24.0. The average molecular weight is 585 g/mol. The van der Waals surface area contributed by atoms with Crippen molar-refractivity contribution in [1.82, 2.24) is 10.3 Å². The summed E-state index contributed by atoms with van der Waals surface area (Å²) >= 11 is 5.85. The minimum absolute atomic E-state index is 0.122. The first-order chi connectivity index (χ1) is 20.1. The smallest absolute Gasteiger partial charge is 0.337 e. The highest BCUT2D eigenvalue weighted by Crippen LogP contribution is 2.44. The number of hydrogen-bond acceptors (Lipinski definition) is 7. The van der Waals surface area contributed by atoms with Gasteiger partial charge in [-0.1, -0.05) is 39.0 Å². The van der Waals surface area contributed by atoms with Crippen molar-refractivity contribution in [3.05, 3.63) is 96.0 Å². The number of furan rings is 1. The number of carbonyl (C=O) groups is 2. The summed E-state index contributed by atoms with van der Waals surface area (Å²) in [5, 5.41) is 6.87. The van der Waals surface area contributed by atoms with Crippen molar-refractivity contribution in [2.75, 3.05) is 24.4 Å². The number of anilines is 2. The molecule has 2 N–H and O–H groups in total. The van der Waals surface area contributed by atoms with E-state index in [-0.39, 0.29) is 11.9 Å². The van der Waals surface area contributed by atoms with Crippen LogP contribution in [0.1, 0.15) is 54.7 Å². The molecular weight excluding hydrogens is 552 g/mol. The second kappa shape index (κ2) is 11.7. The Morgan fingerprint density at radius 2 is 1.79 bits per heavy atom. The fraction of sp³-hybridized carbons (Fsp3) is 0.250. The maximum Gasteiger partial charge on any atom is 0.337 e. The minimum Gasteiger partial charge on any atom is -0.494 e. The third kappa shape index (κ3) is 5.71. The molecule has 0 bridgehead atoms. The van der Waals surface area contributed by atoms with Crippen LogP contribution in [-0.4, -0.2) is 36.2 Å². The lowest BCUT2D eigenvalue weighted by atomic mass is 9.95. The van der Waals surface area contributed by atoms with E-state index < -0.39 is 17.4 Å². The lowest BCUT2D eigenvalue weighted by Crippen LogP contribution is -2.30. The Bertz CT molecular complexity index is 1610. The number of rotatable bonds is 7. The number of methoxy groups -OCH3 is 2. The predicted molar refractivity (Wildman–Crippen MR) is 164 cm³/mol. The molecule has 1 amide bonds. The van der Waals surface area contributed by atoms with Crippen LogP contribution < -0.4 is 20.3 Å². The van der Waals surface area contributed by atoms with Crippen LogP contribution in [0.25, 0.3) is 11.3 Å². The Morgan fingerprint density at radius 1 is 1.02 bits per heavy atom. The molecule has 5 rings (SSSR count). The van der Waals surface area contributed by atoms with Gasteiger partial charge < -0.3 is 29.4 Å². The topological polar surface area (TPSA) is 106 Å². The summed E-state index contributed by atoms with van der Waals surface area (Å²) in [4.78, 5) is 31.1. The van der Waals surface area contributed by atoms with E-state index in [9.17, 15) is 9.59 Å². The lowest BCUT2D eigenvalue weighted by Gasteiger charge is -2.27. The number of ether oxygens (including phenoxy) is 2. The quantitative estimate of drug-likeness (QED) is 0.191. The van der Waals surface area contributed by atoms with Crippen LogP contribution in [0.5, 0.6) is 5.75 Å². The van der Waals surface area contributed by atoms with Gasteiger partial charge in [-0.05, 0) is 60.7 Å². The molecule has 1 saturated heterocycles. The van der Waals surface area contributed by atoms with Crippen molar-refractivity contribution < 1.29 is 23.5 Å². The Kier molecular flexibility index (Phi) is 8.00. The summed E-state index contributed by atoms with van der Waals surface area (Å²) in [6.07, 6.45) is 1.74. The van der Waals surface area contributed by atoms with E-state index >= 15 is 0 Å². The van der Waals surface area contributed by atoms with Crippen molar-refractivity contribution in [2.45, 2.75) is 32.9 Å². The molecule has 2 aromatic heterocycles. The molecule has 0 unspecified atom stereocenters. The van der Waals surface area contributed by atoms with Crippen LogP contribution in [0.2, 0.25) is 0 Å². The average Bonchev–Trinajstić information content (AvgIpc) is 3.61. The number of benzene rings is 2. The number of pyridine rings is 1. The summed E-state index contributed by atoms with van der Waals surface area (Å²) in [5.74, 6) is 1.27.